The second-order valence-electron chi connectivity index (χ2n) is 9.28. The van der Waals surface area contributed by atoms with Gasteiger partial charge in [0.2, 0.25) is 0 Å². The molecule has 4 fully saturated rings. The van der Waals surface area contributed by atoms with E-state index in [1.54, 1.807) is 12.3 Å². The summed E-state index contributed by atoms with van der Waals surface area (Å²) in [6.07, 6.45) is 3.99. The van der Waals surface area contributed by atoms with Gasteiger partial charge in [0.15, 0.2) is 12.4 Å². The van der Waals surface area contributed by atoms with Crippen molar-refractivity contribution >= 4 is 29.0 Å². The zero-order valence-corrected chi connectivity index (χ0v) is 18.1. The van der Waals surface area contributed by atoms with Gasteiger partial charge >= 0.3 is 0 Å². The van der Waals surface area contributed by atoms with Gasteiger partial charge in [0.25, 0.3) is 5.91 Å². The van der Waals surface area contributed by atoms with Crippen LogP contribution in [0.3, 0.4) is 0 Å². The molecule has 6 rings (SSSR count). The highest BCUT2D eigenvalue weighted by Crippen LogP contribution is 2.69. The number of carbonyl (C=O) groups is 2. The molecule has 1 aliphatic heterocycles. The molecule has 2 N–H and O–H groups in total. The number of amides is 1. The van der Waals surface area contributed by atoms with Crippen LogP contribution in [-0.4, -0.2) is 53.1 Å². The Balaban J connectivity index is 1.09. The molecule has 168 valence electrons. The van der Waals surface area contributed by atoms with Crippen LogP contribution in [0.1, 0.15) is 36.2 Å². The summed E-state index contributed by atoms with van der Waals surface area (Å²) in [6.45, 7) is 0.928. The highest BCUT2D eigenvalue weighted by molar-refractivity contribution is 6.30. The summed E-state index contributed by atoms with van der Waals surface area (Å²) >= 11 is 5.64. The number of nitrogens with one attached hydrogen (secondary N) is 1. The molecule has 2 aromatic rings. The van der Waals surface area contributed by atoms with Crippen LogP contribution in [0, 0.1) is 11.2 Å². The summed E-state index contributed by atoms with van der Waals surface area (Å²) < 4.78 is 18.8. The number of ketones is 1. The van der Waals surface area contributed by atoms with Crippen molar-refractivity contribution in [2.75, 3.05) is 24.6 Å². The predicted octanol–water partition coefficient (Wildman–Crippen LogP) is 2.75. The highest BCUT2D eigenvalue weighted by Gasteiger charge is 2.68. The van der Waals surface area contributed by atoms with E-state index in [9.17, 15) is 19.1 Å². The molecule has 0 unspecified atom stereocenters. The Morgan fingerprint density at radius 2 is 2.00 bits per heavy atom. The van der Waals surface area contributed by atoms with Crippen LogP contribution in [0.2, 0.25) is 5.02 Å². The fourth-order valence-electron chi connectivity index (χ4n) is 5.23. The third kappa shape index (κ3) is 3.93. The lowest BCUT2D eigenvalue weighted by Gasteiger charge is -2.70. The van der Waals surface area contributed by atoms with Crippen LogP contribution in [0.15, 0.2) is 36.5 Å². The number of ether oxygens (including phenoxy) is 1. The average Bonchev–Trinajstić information content (AvgIpc) is 2.70. The van der Waals surface area contributed by atoms with Gasteiger partial charge < -0.3 is 20.1 Å². The van der Waals surface area contributed by atoms with Crippen LogP contribution in [-0.2, 0) is 4.79 Å². The first-order chi connectivity index (χ1) is 15.2. The average molecular weight is 460 g/mol. The summed E-state index contributed by atoms with van der Waals surface area (Å²) in [4.78, 5) is 31.3. The Morgan fingerprint density at radius 1 is 1.25 bits per heavy atom. The van der Waals surface area contributed by atoms with E-state index >= 15 is 0 Å². The SMILES string of the molecule is O=C(COc1ccc(Cl)c(F)c1)NC12CC(CC(=O)c3cc(N4CC(O)C4)ccn3)(C1)C2. The Hall–Kier alpha value is -2.71. The number of aliphatic hydroxyl groups is 1. The lowest BCUT2D eigenvalue weighted by atomic mass is 9.38. The van der Waals surface area contributed by atoms with E-state index in [4.69, 9.17) is 16.3 Å². The monoisotopic (exact) mass is 459 g/mol. The molecule has 3 aliphatic carbocycles. The first-order valence-corrected chi connectivity index (χ1v) is 10.9. The quantitative estimate of drug-likeness (QED) is 0.590. The smallest absolute Gasteiger partial charge is 0.258 e. The maximum atomic E-state index is 13.5. The molecule has 2 bridgehead atoms. The first kappa shape index (κ1) is 21.2. The third-order valence-electron chi connectivity index (χ3n) is 6.60. The lowest BCUT2D eigenvalue weighted by Crippen LogP contribution is -2.75. The minimum Gasteiger partial charge on any atom is -0.484 e. The van der Waals surface area contributed by atoms with Crippen LogP contribution < -0.4 is 15.0 Å². The number of aromatic nitrogens is 1. The molecule has 1 aromatic carbocycles. The minimum absolute atomic E-state index is 0.000599. The number of hydrogen-bond acceptors (Lipinski definition) is 6. The van der Waals surface area contributed by atoms with Crippen molar-refractivity contribution in [2.45, 2.75) is 37.3 Å². The predicted molar refractivity (Wildman–Crippen MR) is 115 cm³/mol. The number of benzene rings is 1. The van der Waals surface area contributed by atoms with E-state index in [-0.39, 0.29) is 46.1 Å². The molecule has 9 heteroatoms. The van der Waals surface area contributed by atoms with E-state index in [0.717, 1.165) is 31.0 Å². The van der Waals surface area contributed by atoms with Crippen LogP contribution in [0.5, 0.6) is 5.75 Å². The zero-order valence-electron chi connectivity index (χ0n) is 17.3. The minimum atomic E-state index is -0.599. The van der Waals surface area contributed by atoms with Crippen molar-refractivity contribution in [1.29, 1.82) is 0 Å². The van der Waals surface area contributed by atoms with Crippen molar-refractivity contribution in [1.82, 2.24) is 10.3 Å². The van der Waals surface area contributed by atoms with Gasteiger partial charge in [-0.15, -0.1) is 0 Å². The molecule has 3 saturated carbocycles. The van der Waals surface area contributed by atoms with E-state index < -0.39 is 5.82 Å². The van der Waals surface area contributed by atoms with Crippen molar-refractivity contribution in [3.63, 3.8) is 0 Å². The second-order valence-corrected chi connectivity index (χ2v) is 9.69. The maximum absolute atomic E-state index is 13.5. The van der Waals surface area contributed by atoms with Gasteiger partial charge in [0, 0.05) is 43.0 Å². The molecule has 2 heterocycles. The van der Waals surface area contributed by atoms with Gasteiger partial charge in [0.05, 0.1) is 11.1 Å². The van der Waals surface area contributed by atoms with Crippen molar-refractivity contribution < 1.29 is 23.8 Å². The Bertz CT molecular complexity index is 1070. The van der Waals surface area contributed by atoms with Gasteiger partial charge in [-0.2, -0.15) is 0 Å². The zero-order chi connectivity index (χ0) is 22.5. The molecule has 32 heavy (non-hydrogen) atoms. The van der Waals surface area contributed by atoms with Gasteiger partial charge in [-0.25, -0.2) is 4.39 Å². The topological polar surface area (TPSA) is 91.8 Å². The Morgan fingerprint density at radius 3 is 2.69 bits per heavy atom. The molecular weight excluding hydrogens is 437 g/mol. The number of anilines is 1. The summed E-state index contributed by atoms with van der Waals surface area (Å²) in [5, 5.41) is 12.5. The number of β-amino-alcohol motifs (C(OH)–C–C–N with tert-alkyl or cyclic N) is 1. The van der Waals surface area contributed by atoms with Crippen LogP contribution in [0.25, 0.3) is 0 Å². The number of halogens is 2. The third-order valence-corrected chi connectivity index (χ3v) is 6.90. The van der Waals surface area contributed by atoms with E-state index in [0.29, 0.717) is 25.2 Å². The number of Topliss-reactive ketones (excluding diaryl/α,β-unsaturated/α-hetero) is 1. The number of pyridine rings is 1. The summed E-state index contributed by atoms with van der Waals surface area (Å²) in [5.74, 6) is -0.631. The molecule has 4 aliphatic rings. The molecule has 1 aromatic heterocycles. The number of aliphatic hydroxyl groups excluding tert-OH is 1. The van der Waals surface area contributed by atoms with Gasteiger partial charge in [-0.05, 0) is 48.9 Å². The van der Waals surface area contributed by atoms with Crippen LogP contribution >= 0.6 is 11.6 Å². The molecule has 0 atom stereocenters. The number of rotatable bonds is 8. The fourth-order valence-corrected chi connectivity index (χ4v) is 5.35. The van der Waals surface area contributed by atoms with Gasteiger partial charge in [0.1, 0.15) is 17.3 Å². The second kappa shape index (κ2) is 7.71. The fraction of sp³-hybridized carbons (Fsp3) is 0.435. The Labute approximate surface area is 189 Å². The highest BCUT2D eigenvalue weighted by atomic mass is 35.5. The van der Waals surface area contributed by atoms with Crippen LogP contribution in [0.4, 0.5) is 10.1 Å². The molecule has 7 nitrogen and oxygen atoms in total. The maximum Gasteiger partial charge on any atom is 0.258 e. The van der Waals surface area contributed by atoms with Gasteiger partial charge in [-0.1, -0.05) is 11.6 Å². The summed E-state index contributed by atoms with van der Waals surface area (Å²) in [7, 11) is 0. The normalized spacial score (nSPS) is 25.9. The molecule has 0 spiro atoms. The van der Waals surface area contributed by atoms with Crippen molar-refractivity contribution in [2.24, 2.45) is 5.41 Å². The number of carbonyl (C=O) groups excluding carboxylic acids is 2. The molecular formula is C23H23ClFN3O4. The first-order valence-electron chi connectivity index (χ1n) is 10.6. The van der Waals surface area contributed by atoms with E-state index in [1.807, 2.05) is 11.0 Å². The molecule has 0 radical (unpaired) electrons. The number of nitrogens with zero attached hydrogens (tertiary/aromatic N) is 2. The lowest BCUT2D eigenvalue weighted by molar-refractivity contribution is -0.164. The molecule has 1 amide bonds. The summed E-state index contributed by atoms with van der Waals surface area (Å²) in [6, 6.07) is 7.66. The standard InChI is InChI=1S/C23H23ClFN3O4/c24-17-2-1-16(6-18(17)25)32-10-21(31)27-23-11-22(12-23,13-23)7-20(30)19-5-14(3-4-26-19)28-8-15(29)9-28/h1-6,15,29H,7-13H2,(H,27,31). The van der Waals surface area contributed by atoms with Crippen molar-refractivity contribution in [3.8, 4) is 5.75 Å². The summed E-state index contributed by atoms with van der Waals surface area (Å²) in [5.41, 5.74) is 0.996. The van der Waals surface area contributed by atoms with Crippen molar-refractivity contribution in [3.05, 3.63) is 53.1 Å². The Kier molecular flexibility index (Phi) is 5.09. The van der Waals surface area contributed by atoms with E-state index in [1.165, 1.54) is 12.1 Å². The van der Waals surface area contributed by atoms with E-state index in [2.05, 4.69) is 10.3 Å². The molecule has 1 saturated heterocycles. The number of hydrogen-bond donors (Lipinski definition) is 2. The largest absolute Gasteiger partial charge is 0.484 e. The van der Waals surface area contributed by atoms with Gasteiger partial charge in [-0.3, -0.25) is 14.6 Å².